The van der Waals surface area contributed by atoms with Crippen molar-refractivity contribution in [1.82, 2.24) is 15.1 Å². The average Bonchev–Trinajstić information content (AvgIpc) is 2.71. The smallest absolute Gasteiger partial charge is 0.0540 e. The van der Waals surface area contributed by atoms with Gasteiger partial charge in [0.2, 0.25) is 0 Å². The fourth-order valence-electron chi connectivity index (χ4n) is 2.42. The molecule has 0 spiro atoms. The summed E-state index contributed by atoms with van der Waals surface area (Å²) in [5.41, 5.74) is 2.71. The van der Waals surface area contributed by atoms with Crippen molar-refractivity contribution < 1.29 is 4.74 Å². The summed E-state index contributed by atoms with van der Waals surface area (Å²) in [6.45, 7) is 3.94. The van der Waals surface area contributed by atoms with E-state index >= 15 is 0 Å². The largest absolute Gasteiger partial charge is 0.381 e. The van der Waals surface area contributed by atoms with Crippen molar-refractivity contribution in [3.05, 3.63) is 17.5 Å². The number of ether oxygens (including phenoxy) is 1. The van der Waals surface area contributed by atoms with Crippen molar-refractivity contribution in [1.29, 1.82) is 0 Å². The Kier molecular flexibility index (Phi) is 3.61. The van der Waals surface area contributed by atoms with Crippen LogP contribution in [0, 0.1) is 0 Å². The predicted molar refractivity (Wildman–Crippen MR) is 63.5 cm³/mol. The summed E-state index contributed by atoms with van der Waals surface area (Å²) in [6, 6.07) is 0.367. The molecular formula is C12H21N3O. The van der Waals surface area contributed by atoms with Crippen LogP contribution in [0.5, 0.6) is 0 Å². The van der Waals surface area contributed by atoms with Gasteiger partial charge in [0, 0.05) is 43.5 Å². The summed E-state index contributed by atoms with van der Waals surface area (Å²) in [4.78, 5) is 0. The van der Waals surface area contributed by atoms with E-state index in [4.69, 9.17) is 4.74 Å². The third kappa shape index (κ3) is 2.13. The van der Waals surface area contributed by atoms with Crippen LogP contribution in [0.2, 0.25) is 0 Å². The molecule has 0 aromatic carbocycles. The highest BCUT2D eigenvalue weighted by Crippen LogP contribution is 2.31. The van der Waals surface area contributed by atoms with E-state index in [9.17, 15) is 0 Å². The normalized spacial score (nSPS) is 19.9. The fourth-order valence-corrected chi connectivity index (χ4v) is 2.42. The third-order valence-corrected chi connectivity index (χ3v) is 3.52. The summed E-state index contributed by atoms with van der Waals surface area (Å²) in [5, 5.41) is 7.69. The van der Waals surface area contributed by atoms with E-state index in [1.165, 1.54) is 11.3 Å². The molecule has 2 rings (SSSR count). The summed E-state index contributed by atoms with van der Waals surface area (Å²) in [6.07, 6.45) is 4.22. The van der Waals surface area contributed by atoms with E-state index in [2.05, 4.69) is 17.3 Å². The monoisotopic (exact) mass is 223 g/mol. The number of aryl methyl sites for hydroxylation is 1. The van der Waals surface area contributed by atoms with Crippen molar-refractivity contribution in [2.24, 2.45) is 7.05 Å². The first-order valence-electron chi connectivity index (χ1n) is 6.00. The Morgan fingerprint density at radius 1 is 1.50 bits per heavy atom. The Balaban J connectivity index is 2.26. The highest BCUT2D eigenvalue weighted by molar-refractivity contribution is 5.25. The van der Waals surface area contributed by atoms with Gasteiger partial charge in [0.25, 0.3) is 0 Å². The van der Waals surface area contributed by atoms with Crippen LogP contribution in [0.4, 0.5) is 0 Å². The molecule has 1 aliphatic heterocycles. The van der Waals surface area contributed by atoms with Crippen LogP contribution in [0.1, 0.15) is 43.0 Å². The lowest BCUT2D eigenvalue weighted by Crippen LogP contribution is -2.20. The molecule has 0 amide bonds. The van der Waals surface area contributed by atoms with E-state index in [1.54, 1.807) is 0 Å². The number of aromatic nitrogens is 2. The minimum Gasteiger partial charge on any atom is -0.381 e. The molecule has 0 bridgehead atoms. The van der Waals surface area contributed by atoms with E-state index < -0.39 is 0 Å². The van der Waals surface area contributed by atoms with Crippen LogP contribution >= 0.6 is 0 Å². The maximum absolute atomic E-state index is 5.42. The van der Waals surface area contributed by atoms with Gasteiger partial charge in [-0.1, -0.05) is 0 Å². The van der Waals surface area contributed by atoms with E-state index in [0.29, 0.717) is 12.0 Å². The molecule has 0 aliphatic carbocycles. The number of rotatable bonds is 3. The molecule has 1 unspecified atom stereocenters. The van der Waals surface area contributed by atoms with Crippen molar-refractivity contribution in [2.45, 2.75) is 31.7 Å². The van der Waals surface area contributed by atoms with Crippen molar-refractivity contribution >= 4 is 0 Å². The lowest BCUT2D eigenvalue weighted by atomic mass is 9.92. The second-order valence-corrected chi connectivity index (χ2v) is 4.51. The van der Waals surface area contributed by atoms with Gasteiger partial charge >= 0.3 is 0 Å². The van der Waals surface area contributed by atoms with E-state index in [0.717, 1.165) is 26.1 Å². The van der Waals surface area contributed by atoms with Gasteiger partial charge in [-0.05, 0) is 26.8 Å². The minimum atomic E-state index is 0.367. The average molecular weight is 223 g/mol. The van der Waals surface area contributed by atoms with Crippen molar-refractivity contribution in [3.63, 3.8) is 0 Å². The Morgan fingerprint density at radius 3 is 2.81 bits per heavy atom. The molecule has 1 aromatic heterocycles. The SMILES string of the molecule is CNC(C)c1cnn(C)c1C1CCOCC1. The van der Waals surface area contributed by atoms with Gasteiger partial charge in [-0.15, -0.1) is 0 Å². The second-order valence-electron chi connectivity index (χ2n) is 4.51. The van der Waals surface area contributed by atoms with Gasteiger partial charge in [-0.25, -0.2) is 0 Å². The molecule has 1 fully saturated rings. The van der Waals surface area contributed by atoms with Crippen molar-refractivity contribution in [2.75, 3.05) is 20.3 Å². The Labute approximate surface area is 97.0 Å². The standard InChI is InChI=1S/C12H21N3O/c1-9(13-2)11-8-14-15(3)12(11)10-4-6-16-7-5-10/h8-10,13H,4-7H2,1-3H3. The maximum Gasteiger partial charge on any atom is 0.0540 e. The summed E-state index contributed by atoms with van der Waals surface area (Å²) >= 11 is 0. The van der Waals surface area contributed by atoms with Crippen LogP contribution in [-0.2, 0) is 11.8 Å². The zero-order valence-electron chi connectivity index (χ0n) is 10.4. The lowest BCUT2D eigenvalue weighted by Gasteiger charge is -2.24. The zero-order valence-corrected chi connectivity index (χ0v) is 10.4. The van der Waals surface area contributed by atoms with Crippen LogP contribution in [0.3, 0.4) is 0 Å². The fraction of sp³-hybridized carbons (Fsp3) is 0.750. The molecule has 2 heterocycles. The number of nitrogens with zero attached hydrogens (tertiary/aromatic N) is 2. The lowest BCUT2D eigenvalue weighted by molar-refractivity contribution is 0.0834. The quantitative estimate of drug-likeness (QED) is 0.846. The predicted octanol–water partition coefficient (Wildman–Crippen LogP) is 1.59. The summed E-state index contributed by atoms with van der Waals surface area (Å²) < 4.78 is 7.45. The summed E-state index contributed by atoms with van der Waals surface area (Å²) in [7, 11) is 4.03. The molecule has 90 valence electrons. The number of hydrogen-bond donors (Lipinski definition) is 1. The topological polar surface area (TPSA) is 39.1 Å². The van der Waals surface area contributed by atoms with Crippen LogP contribution in [-0.4, -0.2) is 30.0 Å². The summed E-state index contributed by atoms with van der Waals surface area (Å²) in [5.74, 6) is 0.604. The molecule has 4 nitrogen and oxygen atoms in total. The van der Waals surface area contributed by atoms with Gasteiger partial charge in [0.15, 0.2) is 0 Å². The molecule has 1 atom stereocenters. The molecule has 1 aliphatic rings. The van der Waals surface area contributed by atoms with Crippen LogP contribution in [0.25, 0.3) is 0 Å². The molecule has 4 heteroatoms. The Bertz CT molecular complexity index is 342. The molecule has 1 N–H and O–H groups in total. The van der Waals surface area contributed by atoms with Gasteiger partial charge in [0.05, 0.1) is 6.20 Å². The highest BCUT2D eigenvalue weighted by atomic mass is 16.5. The van der Waals surface area contributed by atoms with Gasteiger partial charge in [-0.2, -0.15) is 5.10 Å². The molecule has 0 radical (unpaired) electrons. The van der Waals surface area contributed by atoms with Gasteiger partial charge in [0.1, 0.15) is 0 Å². The molecule has 1 saturated heterocycles. The molecule has 0 saturated carbocycles. The Hall–Kier alpha value is -0.870. The number of nitrogens with one attached hydrogen (secondary N) is 1. The molecule has 16 heavy (non-hydrogen) atoms. The first kappa shape index (κ1) is 11.6. The Morgan fingerprint density at radius 2 is 2.19 bits per heavy atom. The zero-order chi connectivity index (χ0) is 11.5. The van der Waals surface area contributed by atoms with Crippen LogP contribution < -0.4 is 5.32 Å². The highest BCUT2D eigenvalue weighted by Gasteiger charge is 2.24. The van der Waals surface area contributed by atoms with Crippen molar-refractivity contribution in [3.8, 4) is 0 Å². The minimum absolute atomic E-state index is 0.367. The molecular weight excluding hydrogens is 202 g/mol. The van der Waals surface area contributed by atoms with Gasteiger partial charge in [-0.3, -0.25) is 4.68 Å². The third-order valence-electron chi connectivity index (χ3n) is 3.52. The van der Waals surface area contributed by atoms with Crippen LogP contribution in [0.15, 0.2) is 6.20 Å². The first-order valence-corrected chi connectivity index (χ1v) is 6.00. The number of hydrogen-bond acceptors (Lipinski definition) is 3. The van der Waals surface area contributed by atoms with E-state index in [1.807, 2.05) is 25.0 Å². The maximum atomic E-state index is 5.42. The first-order chi connectivity index (χ1) is 7.74. The molecule has 1 aromatic rings. The van der Waals surface area contributed by atoms with E-state index in [-0.39, 0.29) is 0 Å². The van der Waals surface area contributed by atoms with Gasteiger partial charge < -0.3 is 10.1 Å². The second kappa shape index (κ2) is 4.97.